The van der Waals surface area contributed by atoms with Gasteiger partial charge in [-0.15, -0.1) is 11.8 Å². The number of hydrogen-bond acceptors (Lipinski definition) is 27. The third kappa shape index (κ3) is 45.0. The van der Waals surface area contributed by atoms with E-state index in [9.17, 15) is 82.6 Å². The number of carboxylic acid groups (broad SMARTS) is 1. The summed E-state index contributed by atoms with van der Waals surface area (Å²) in [7, 11) is 2.00. The number of ketones is 5. The maximum Gasteiger partial charge on any atom is 0.304 e. The molecule has 652 valence electrons. The molecule has 2 bridgehead atoms. The molecule has 0 aliphatic carbocycles. The molecule has 0 aromatic heterocycles. The second-order valence-electron chi connectivity index (χ2n) is 30.2. The van der Waals surface area contributed by atoms with E-state index < -0.39 is 144 Å². The van der Waals surface area contributed by atoms with Crippen molar-refractivity contribution in [1.29, 1.82) is 5.41 Å². The summed E-state index contributed by atoms with van der Waals surface area (Å²) in [4.78, 5) is 191. The van der Waals surface area contributed by atoms with Crippen LogP contribution in [0.4, 0.5) is 0 Å². The molecule has 0 saturated carbocycles. The van der Waals surface area contributed by atoms with E-state index in [1.165, 1.54) is 0 Å². The Hall–Kier alpha value is -8.14. The van der Waals surface area contributed by atoms with Crippen LogP contribution in [0.1, 0.15) is 182 Å². The lowest BCUT2D eigenvalue weighted by atomic mass is 9.81. The van der Waals surface area contributed by atoms with Crippen LogP contribution in [0.2, 0.25) is 0 Å². The van der Waals surface area contributed by atoms with E-state index in [2.05, 4.69) is 58.2 Å². The van der Waals surface area contributed by atoms with Gasteiger partial charge in [0.05, 0.1) is 86.2 Å². The number of unbranched alkanes of at least 4 members (excludes halogenated alkanes) is 1. The molecule has 35 nitrogen and oxygen atoms in total. The Bertz CT molecular complexity index is 3360. The van der Waals surface area contributed by atoms with Crippen molar-refractivity contribution in [3.8, 4) is 0 Å². The predicted octanol–water partition coefficient (Wildman–Crippen LogP) is 3.38. The van der Waals surface area contributed by atoms with Crippen LogP contribution in [0.25, 0.3) is 0 Å². The molecule has 8 amide bonds. The smallest absolute Gasteiger partial charge is 0.304 e. The van der Waals surface area contributed by atoms with Gasteiger partial charge in [-0.2, -0.15) is 0 Å². The zero-order chi connectivity index (χ0) is 85.9. The van der Waals surface area contributed by atoms with Crippen molar-refractivity contribution in [2.24, 2.45) is 50.9 Å². The highest BCUT2D eigenvalue weighted by Gasteiger charge is 2.37. The van der Waals surface area contributed by atoms with Crippen molar-refractivity contribution >= 4 is 133 Å². The topological polar surface area (TPSA) is 545 Å². The number of nitrogens with zero attached hydrogens (tertiary/aromatic N) is 2. The number of oxime groups is 2. The zero-order valence-electron chi connectivity index (χ0n) is 68.0. The van der Waals surface area contributed by atoms with Gasteiger partial charge in [-0.1, -0.05) is 88.9 Å². The van der Waals surface area contributed by atoms with Gasteiger partial charge in [-0.05, 0) is 123 Å². The minimum atomic E-state index is -1.54. The van der Waals surface area contributed by atoms with Crippen molar-refractivity contribution in [3.63, 3.8) is 0 Å². The molecule has 2 saturated heterocycles. The first-order chi connectivity index (χ1) is 55.2. The highest BCUT2D eigenvalue weighted by atomic mass is 33.1. The average molecular weight is 1690 g/mol. The molecular formula is C78H126N14O21S3. The standard InChI is InChI=1S/C78H126N14O21S3/c1-51(91-108)77(3,4)28-13-19-53(27-32-86-78(5,6)52(2)92-109)26-31-83-69(100)25-12-24-68(99)82-29-11-10-22-60-75(107)90-63-49-116-115-48-62(89-74(106)57(43-71(102)103)40-59(94)44-85-72(104)55(41-65(63)96)20-14-30-84-76(80)81)66(97)42-56(39-54-17-8-7-9-18-54)73(105)88-61(47-114-50-70(101)87-60)64(95)23-16-34-111-36-38-112-37-35-110-33-15-21-58(93)45-113-46-67(79)98/h7-9,17-18,53,55-57,60-63,86,108-109H,10-16,19-50H2,1-6H3,(H2,79,98)(H,82,99)(H,83,100)(H,85,104)(H,87,101)(H,88,105)(H,89,106)(H,90,107)(H,102,103)(H4,80,81,84)/b91-51-,92-52-/t53?,55-,56-,57+,60+,61+,62+,63+/m1/s1. The number of rotatable bonds is 49. The van der Waals surface area contributed by atoms with Crippen molar-refractivity contribution in [2.75, 3.05) is 109 Å². The van der Waals surface area contributed by atoms with Gasteiger partial charge in [-0.3, -0.25) is 72.5 Å². The quantitative estimate of drug-likeness (QED) is 0.0111. The number of guanidine groups is 1. The first-order valence-electron chi connectivity index (χ1n) is 39.7. The number of benzene rings is 1. The Morgan fingerprint density at radius 2 is 1.18 bits per heavy atom. The van der Waals surface area contributed by atoms with Crippen LogP contribution in [-0.4, -0.2) is 253 Å². The lowest BCUT2D eigenvalue weighted by molar-refractivity contribution is -0.142. The van der Waals surface area contributed by atoms with Crippen LogP contribution in [0.3, 0.4) is 0 Å². The lowest BCUT2D eigenvalue weighted by Gasteiger charge is -2.28. The van der Waals surface area contributed by atoms with E-state index in [4.69, 9.17) is 35.8 Å². The number of aliphatic carboxylic acids is 1. The largest absolute Gasteiger partial charge is 0.481 e. The van der Waals surface area contributed by atoms with Crippen LogP contribution >= 0.6 is 33.3 Å². The van der Waals surface area contributed by atoms with E-state index in [0.717, 1.165) is 59.0 Å². The summed E-state index contributed by atoms with van der Waals surface area (Å²) < 4.78 is 21.8. The average Bonchev–Trinajstić information content (AvgIpc) is 0.972. The fraction of sp³-hybridized carbons (Fsp3) is 0.705. The molecule has 2 aliphatic rings. The fourth-order valence-electron chi connectivity index (χ4n) is 12.4. The number of nitrogens with one attached hydrogen (secondary N) is 10. The van der Waals surface area contributed by atoms with Crippen LogP contribution in [0.5, 0.6) is 0 Å². The molecule has 2 heterocycles. The number of Topliss-reactive ketones (excluding diaryl/α,β-unsaturated/α-hetero) is 5. The van der Waals surface area contributed by atoms with Gasteiger partial charge < -0.3 is 93.8 Å². The monoisotopic (exact) mass is 1690 g/mol. The van der Waals surface area contributed by atoms with E-state index in [-0.39, 0.29) is 194 Å². The minimum absolute atomic E-state index is 0.00810. The Balaban J connectivity index is 1.91. The minimum Gasteiger partial charge on any atom is -0.481 e. The first-order valence-corrected chi connectivity index (χ1v) is 43.4. The van der Waals surface area contributed by atoms with Crippen molar-refractivity contribution in [1.82, 2.24) is 47.9 Å². The zero-order valence-corrected chi connectivity index (χ0v) is 70.5. The molecule has 0 spiro atoms. The van der Waals surface area contributed by atoms with Crippen molar-refractivity contribution in [2.45, 2.75) is 213 Å². The third-order valence-corrected chi connectivity index (χ3v) is 23.4. The molecule has 8 atom stereocenters. The fourth-order valence-corrected chi connectivity index (χ4v) is 15.7. The van der Waals surface area contributed by atoms with Crippen molar-refractivity contribution < 1.29 is 102 Å². The summed E-state index contributed by atoms with van der Waals surface area (Å²) in [6.45, 7) is 12.7. The van der Waals surface area contributed by atoms with Gasteiger partial charge >= 0.3 is 5.97 Å². The number of carbonyl (C=O) groups is 14. The maximum absolute atomic E-state index is 14.9. The molecule has 38 heteroatoms. The summed E-state index contributed by atoms with van der Waals surface area (Å²) in [6.07, 6.45) is 3.12. The number of hydrogen-bond donors (Lipinski definition) is 15. The molecule has 2 fully saturated rings. The maximum atomic E-state index is 14.9. The summed E-state index contributed by atoms with van der Waals surface area (Å²) in [5.74, 6) is -14.4. The van der Waals surface area contributed by atoms with E-state index in [1.807, 2.05) is 27.7 Å². The third-order valence-electron chi connectivity index (χ3n) is 19.9. The summed E-state index contributed by atoms with van der Waals surface area (Å²) in [5, 5.41) is 68.7. The van der Waals surface area contributed by atoms with E-state index >= 15 is 0 Å². The number of thioether (sulfide) groups is 1. The highest BCUT2D eigenvalue weighted by Crippen LogP contribution is 2.30. The molecule has 0 radical (unpaired) electrons. The van der Waals surface area contributed by atoms with Gasteiger partial charge in [0.15, 0.2) is 34.9 Å². The van der Waals surface area contributed by atoms with Gasteiger partial charge in [0.25, 0.3) is 0 Å². The molecule has 3 rings (SSSR count). The predicted molar refractivity (Wildman–Crippen MR) is 441 cm³/mol. The van der Waals surface area contributed by atoms with Gasteiger partial charge in [0.2, 0.25) is 47.3 Å². The normalized spacial score (nSPS) is 20.2. The molecule has 2 aliphatic heterocycles. The number of nitrogens with two attached hydrogens (primary N) is 2. The summed E-state index contributed by atoms with van der Waals surface area (Å²) in [5.41, 5.74) is 11.5. The molecule has 116 heavy (non-hydrogen) atoms. The van der Waals surface area contributed by atoms with Gasteiger partial charge in [0, 0.05) is 112 Å². The molecule has 1 aromatic carbocycles. The van der Waals surface area contributed by atoms with Gasteiger partial charge in [-0.25, -0.2) is 0 Å². The Kier molecular flexibility index (Phi) is 50.9. The SMILES string of the molecule is C/C(=N/O)C(C)(C)CCCC(CCNC(=O)CCCC(=O)NCCCC[C@@H]1NC(=O)CSC[C@@H](C(=O)CCCOCCOCCOCCCC(=O)COCC(N)=O)NC(=O)[C@H](Cc2ccccc2)CC(=O)[C@@H]2CSSC[C@H](NC1=O)C(=O)C[C@@H](CCCNC(=N)N)C(=O)NCC(=O)C[C@@H](CC(=O)O)C(=O)N2)CCNC(C)(C)/C(C)=N\O. The summed E-state index contributed by atoms with van der Waals surface area (Å²) in [6, 6.07) is 3.25. The number of fused-ring (bicyclic) bond motifs is 5. The van der Waals surface area contributed by atoms with Crippen LogP contribution in [0, 0.1) is 34.5 Å². The first kappa shape index (κ1) is 102. The second kappa shape index (κ2) is 57.9. The molecular weight excluding hydrogens is 1570 g/mol. The summed E-state index contributed by atoms with van der Waals surface area (Å²) >= 11 is 0.963. The molecule has 17 N–H and O–H groups in total. The van der Waals surface area contributed by atoms with Crippen LogP contribution in [0.15, 0.2) is 40.6 Å². The number of carbonyl (C=O) groups excluding carboxylic acids is 13. The van der Waals surface area contributed by atoms with Crippen molar-refractivity contribution in [3.05, 3.63) is 35.9 Å². The Morgan fingerprint density at radius 1 is 0.595 bits per heavy atom. The van der Waals surface area contributed by atoms with Crippen LogP contribution in [-0.2, 0) is 92.5 Å². The number of ether oxygens (including phenoxy) is 4. The second-order valence-corrected chi connectivity index (χ2v) is 33.8. The lowest BCUT2D eigenvalue weighted by Crippen LogP contribution is -2.53. The van der Waals surface area contributed by atoms with E-state index in [1.54, 1.807) is 44.2 Å². The Morgan fingerprint density at radius 3 is 1.80 bits per heavy atom. The number of amides is 8. The number of carboxylic acids is 1. The molecule has 1 aromatic rings. The molecule has 1 unspecified atom stereocenters. The van der Waals surface area contributed by atoms with Gasteiger partial charge in [0.1, 0.15) is 19.3 Å². The highest BCUT2D eigenvalue weighted by molar-refractivity contribution is 8.76. The van der Waals surface area contributed by atoms with E-state index in [0.29, 0.717) is 49.3 Å². The number of primary amides is 1. The Labute approximate surface area is 692 Å². The van der Waals surface area contributed by atoms with Crippen LogP contribution < -0.4 is 59.3 Å².